The first kappa shape index (κ1) is 18.6. The van der Waals surface area contributed by atoms with Crippen molar-refractivity contribution in [1.29, 1.82) is 0 Å². The minimum absolute atomic E-state index is 0.214. The van der Waals surface area contributed by atoms with Crippen LogP contribution < -0.4 is 10.6 Å². The summed E-state index contributed by atoms with van der Waals surface area (Å²) in [5, 5.41) is 13.5. The van der Waals surface area contributed by atoms with Crippen molar-refractivity contribution in [2.75, 3.05) is 19.6 Å². The number of furan rings is 1. The zero-order valence-corrected chi connectivity index (χ0v) is 15.2. The lowest BCUT2D eigenvalue weighted by molar-refractivity contribution is 0.577. The molecule has 8 heteroatoms. The summed E-state index contributed by atoms with van der Waals surface area (Å²) in [4.78, 5) is 8.94. The van der Waals surface area contributed by atoms with Gasteiger partial charge < -0.3 is 15.1 Å². The molecule has 1 aromatic carbocycles. The molecule has 0 aliphatic carbocycles. The van der Waals surface area contributed by atoms with Gasteiger partial charge in [0.15, 0.2) is 11.7 Å². The van der Waals surface area contributed by atoms with E-state index >= 15 is 0 Å². The fraction of sp³-hybridized carbons (Fsp3) is 0.316. The van der Waals surface area contributed by atoms with Crippen molar-refractivity contribution in [3.8, 4) is 11.6 Å². The fourth-order valence-electron chi connectivity index (χ4n) is 2.56. The Morgan fingerprint density at radius 3 is 2.93 bits per heavy atom. The van der Waals surface area contributed by atoms with Crippen LogP contribution in [0.4, 0.5) is 4.39 Å². The molecule has 0 amide bonds. The van der Waals surface area contributed by atoms with E-state index in [-0.39, 0.29) is 5.82 Å². The van der Waals surface area contributed by atoms with E-state index in [9.17, 15) is 4.39 Å². The quantitative estimate of drug-likeness (QED) is 0.419. The molecule has 0 saturated carbocycles. The molecule has 0 saturated heterocycles. The van der Waals surface area contributed by atoms with Crippen molar-refractivity contribution >= 4 is 5.96 Å². The number of H-pyrrole nitrogens is 1. The van der Waals surface area contributed by atoms with Crippen molar-refractivity contribution in [2.45, 2.75) is 19.8 Å². The summed E-state index contributed by atoms with van der Waals surface area (Å²) in [6.07, 6.45) is 2.94. The van der Waals surface area contributed by atoms with Crippen LogP contribution in [0.15, 0.2) is 52.1 Å². The molecule has 27 heavy (non-hydrogen) atoms. The van der Waals surface area contributed by atoms with Crippen LogP contribution in [-0.2, 0) is 12.8 Å². The zero-order valence-electron chi connectivity index (χ0n) is 15.2. The first-order valence-corrected chi connectivity index (χ1v) is 8.96. The van der Waals surface area contributed by atoms with Gasteiger partial charge in [-0.1, -0.05) is 12.1 Å². The normalized spacial score (nSPS) is 11.6. The van der Waals surface area contributed by atoms with Crippen molar-refractivity contribution in [3.05, 3.63) is 59.9 Å². The number of guanidine groups is 1. The number of rotatable bonds is 8. The first-order chi connectivity index (χ1) is 13.2. The Labute approximate surface area is 157 Å². The van der Waals surface area contributed by atoms with Crippen molar-refractivity contribution in [2.24, 2.45) is 4.99 Å². The van der Waals surface area contributed by atoms with Gasteiger partial charge in [0.2, 0.25) is 5.82 Å². The second kappa shape index (κ2) is 9.51. The van der Waals surface area contributed by atoms with Crippen LogP contribution in [-0.4, -0.2) is 40.8 Å². The van der Waals surface area contributed by atoms with E-state index in [1.54, 1.807) is 24.5 Å². The maximum atomic E-state index is 13.2. The van der Waals surface area contributed by atoms with Crippen LogP contribution in [0.1, 0.15) is 18.3 Å². The van der Waals surface area contributed by atoms with E-state index in [4.69, 9.17) is 4.42 Å². The molecular formula is C19H23FN6O. The van der Waals surface area contributed by atoms with Gasteiger partial charge in [0.1, 0.15) is 11.6 Å². The maximum Gasteiger partial charge on any atom is 0.216 e. The molecule has 3 rings (SSSR count). The summed E-state index contributed by atoms with van der Waals surface area (Å²) in [6.45, 7) is 3.99. The highest BCUT2D eigenvalue weighted by Crippen LogP contribution is 2.14. The van der Waals surface area contributed by atoms with E-state index in [2.05, 4.69) is 30.8 Å². The third-order valence-corrected chi connectivity index (χ3v) is 3.83. The summed E-state index contributed by atoms with van der Waals surface area (Å²) >= 11 is 0. The molecule has 0 aliphatic heterocycles. The number of aromatic amines is 1. The maximum absolute atomic E-state index is 13.2. The number of benzene rings is 1. The second-order valence-corrected chi connectivity index (χ2v) is 5.90. The number of aromatic nitrogens is 3. The van der Waals surface area contributed by atoms with E-state index < -0.39 is 0 Å². The van der Waals surface area contributed by atoms with Gasteiger partial charge in [0, 0.05) is 26.1 Å². The lowest BCUT2D eigenvalue weighted by atomic mass is 10.1. The Hall–Kier alpha value is -3.16. The number of hydrogen-bond donors (Lipinski definition) is 3. The monoisotopic (exact) mass is 370 g/mol. The highest BCUT2D eigenvalue weighted by atomic mass is 19.1. The number of halogens is 1. The summed E-state index contributed by atoms with van der Waals surface area (Å²) in [7, 11) is 0. The molecule has 0 radical (unpaired) electrons. The highest BCUT2D eigenvalue weighted by molar-refractivity contribution is 5.79. The minimum atomic E-state index is -0.214. The molecule has 2 aromatic heterocycles. The van der Waals surface area contributed by atoms with Gasteiger partial charge in [-0.05, 0) is 43.2 Å². The summed E-state index contributed by atoms with van der Waals surface area (Å²) in [5.41, 5.74) is 0.950. The average Bonchev–Trinajstić information content (AvgIpc) is 3.33. The SMILES string of the molecule is CCNC(=NCCc1nc(-c2ccco2)n[nH]1)NCCc1cccc(F)c1. The smallest absolute Gasteiger partial charge is 0.216 e. The van der Waals surface area contributed by atoms with E-state index in [1.165, 1.54) is 6.07 Å². The summed E-state index contributed by atoms with van der Waals surface area (Å²) in [5.74, 6) is 2.43. The minimum Gasteiger partial charge on any atom is -0.461 e. The van der Waals surface area contributed by atoms with Gasteiger partial charge in [0.05, 0.1) is 6.26 Å². The fourth-order valence-corrected chi connectivity index (χ4v) is 2.56. The van der Waals surface area contributed by atoms with Gasteiger partial charge in [-0.3, -0.25) is 10.1 Å². The third kappa shape index (κ3) is 5.67. The van der Waals surface area contributed by atoms with Crippen LogP contribution in [0.5, 0.6) is 0 Å². The molecule has 0 aliphatic rings. The third-order valence-electron chi connectivity index (χ3n) is 3.83. The average molecular weight is 370 g/mol. The highest BCUT2D eigenvalue weighted by Gasteiger charge is 2.08. The zero-order chi connectivity index (χ0) is 18.9. The Morgan fingerprint density at radius 1 is 1.22 bits per heavy atom. The Bertz CT molecular complexity index is 859. The van der Waals surface area contributed by atoms with E-state index in [0.717, 1.165) is 30.3 Å². The van der Waals surface area contributed by atoms with Crippen LogP contribution in [0, 0.1) is 5.82 Å². The predicted octanol–water partition coefficient (Wildman–Crippen LogP) is 2.54. The van der Waals surface area contributed by atoms with Gasteiger partial charge >= 0.3 is 0 Å². The molecule has 0 spiro atoms. The molecular weight excluding hydrogens is 347 g/mol. The predicted molar refractivity (Wildman–Crippen MR) is 102 cm³/mol. The largest absolute Gasteiger partial charge is 0.461 e. The summed E-state index contributed by atoms with van der Waals surface area (Å²) in [6, 6.07) is 10.2. The van der Waals surface area contributed by atoms with Gasteiger partial charge in [0.25, 0.3) is 0 Å². The molecule has 0 bridgehead atoms. The molecule has 7 nitrogen and oxygen atoms in total. The lowest BCUT2D eigenvalue weighted by Gasteiger charge is -2.11. The van der Waals surface area contributed by atoms with Crippen LogP contribution in [0.3, 0.4) is 0 Å². The number of aliphatic imine (C=N–C) groups is 1. The number of hydrogen-bond acceptors (Lipinski definition) is 4. The van der Waals surface area contributed by atoms with Gasteiger partial charge in [-0.25, -0.2) is 9.37 Å². The van der Waals surface area contributed by atoms with Crippen molar-refractivity contribution < 1.29 is 8.81 Å². The van der Waals surface area contributed by atoms with Crippen LogP contribution in [0.25, 0.3) is 11.6 Å². The standard InChI is InChI=1S/C19H23FN6O/c1-2-21-19(22-10-8-14-5-3-6-15(20)13-14)23-11-9-17-24-18(26-25-17)16-7-4-12-27-16/h3-7,12-13H,2,8-11H2,1H3,(H2,21,22,23)(H,24,25,26). The Balaban J connectivity index is 1.48. The molecule has 0 unspecified atom stereocenters. The van der Waals surface area contributed by atoms with Crippen LogP contribution in [0.2, 0.25) is 0 Å². The van der Waals surface area contributed by atoms with E-state index in [0.29, 0.717) is 31.1 Å². The molecule has 3 N–H and O–H groups in total. The summed E-state index contributed by atoms with van der Waals surface area (Å²) < 4.78 is 18.5. The molecule has 142 valence electrons. The lowest BCUT2D eigenvalue weighted by Crippen LogP contribution is -2.38. The molecule has 2 heterocycles. The Kier molecular flexibility index (Phi) is 6.56. The van der Waals surface area contributed by atoms with Gasteiger partial charge in [-0.15, -0.1) is 0 Å². The first-order valence-electron chi connectivity index (χ1n) is 8.96. The molecule has 3 aromatic rings. The van der Waals surface area contributed by atoms with Crippen molar-refractivity contribution in [1.82, 2.24) is 25.8 Å². The second-order valence-electron chi connectivity index (χ2n) is 5.90. The topological polar surface area (TPSA) is 91.1 Å². The molecule has 0 atom stereocenters. The van der Waals surface area contributed by atoms with Crippen molar-refractivity contribution in [3.63, 3.8) is 0 Å². The number of nitrogens with zero attached hydrogens (tertiary/aromatic N) is 3. The number of nitrogens with one attached hydrogen (secondary N) is 3. The van der Waals surface area contributed by atoms with Gasteiger partial charge in [-0.2, -0.15) is 5.10 Å². The van der Waals surface area contributed by atoms with Crippen LogP contribution >= 0.6 is 0 Å². The Morgan fingerprint density at radius 2 is 2.15 bits per heavy atom. The van der Waals surface area contributed by atoms with E-state index in [1.807, 2.05) is 19.1 Å². The molecule has 0 fully saturated rings.